The molecular weight excluding hydrogens is 442 g/mol. The van der Waals surface area contributed by atoms with Crippen molar-refractivity contribution >= 4 is 33.2 Å². The fourth-order valence-corrected chi connectivity index (χ4v) is 5.87. The fourth-order valence-electron chi connectivity index (χ4n) is 4.31. The van der Waals surface area contributed by atoms with E-state index < -0.39 is 15.9 Å². The highest BCUT2D eigenvalue weighted by Gasteiger charge is 2.36. The van der Waals surface area contributed by atoms with E-state index in [2.05, 4.69) is 5.32 Å². The van der Waals surface area contributed by atoms with E-state index in [-0.39, 0.29) is 29.7 Å². The van der Waals surface area contributed by atoms with Crippen molar-refractivity contribution in [3.8, 4) is 5.75 Å². The number of sulfonamides is 1. The van der Waals surface area contributed by atoms with Crippen LogP contribution in [0.15, 0.2) is 53.4 Å². The number of carbonyl (C=O) groups is 2. The topological polar surface area (TPSA) is 96.0 Å². The van der Waals surface area contributed by atoms with Gasteiger partial charge in [-0.25, -0.2) is 8.42 Å². The van der Waals surface area contributed by atoms with Gasteiger partial charge in [-0.05, 0) is 50.1 Å². The second kappa shape index (κ2) is 9.93. The zero-order valence-electron chi connectivity index (χ0n) is 18.7. The number of anilines is 2. The number of para-hydroxylation sites is 2. The second-order valence-corrected chi connectivity index (χ2v) is 10.2. The largest absolute Gasteiger partial charge is 0.492 e. The number of carbonyl (C=O) groups excluding carboxylic acids is 2. The highest BCUT2D eigenvalue weighted by molar-refractivity contribution is 7.89. The van der Waals surface area contributed by atoms with Crippen LogP contribution in [0.4, 0.5) is 11.4 Å². The zero-order valence-corrected chi connectivity index (χ0v) is 19.5. The van der Waals surface area contributed by atoms with Crippen molar-refractivity contribution in [3.63, 3.8) is 0 Å². The molecule has 0 spiro atoms. The SMILES string of the molecule is CCOc1ccccc1N1C[C@H](C(=O)Nc2cccc(S(=O)(=O)N3CCCCC3)c2)CC1=O. The number of ether oxygens (including phenoxy) is 1. The molecule has 0 aliphatic carbocycles. The summed E-state index contributed by atoms with van der Waals surface area (Å²) in [5.41, 5.74) is 1.05. The van der Waals surface area contributed by atoms with E-state index in [1.165, 1.54) is 10.4 Å². The van der Waals surface area contributed by atoms with Gasteiger partial charge in [0.2, 0.25) is 21.8 Å². The first-order valence-electron chi connectivity index (χ1n) is 11.3. The first-order valence-corrected chi connectivity index (χ1v) is 12.8. The van der Waals surface area contributed by atoms with Gasteiger partial charge in [0.15, 0.2) is 0 Å². The van der Waals surface area contributed by atoms with Crippen molar-refractivity contribution in [2.45, 2.75) is 37.5 Å². The van der Waals surface area contributed by atoms with Gasteiger partial charge < -0.3 is 15.0 Å². The molecule has 0 unspecified atom stereocenters. The summed E-state index contributed by atoms with van der Waals surface area (Å²) in [5.74, 6) is -0.407. The molecule has 9 heteroatoms. The monoisotopic (exact) mass is 471 g/mol. The van der Waals surface area contributed by atoms with E-state index in [0.717, 1.165) is 19.3 Å². The van der Waals surface area contributed by atoms with Crippen LogP contribution < -0.4 is 15.0 Å². The van der Waals surface area contributed by atoms with Crippen molar-refractivity contribution in [2.75, 3.05) is 36.5 Å². The van der Waals surface area contributed by atoms with Gasteiger partial charge in [-0.2, -0.15) is 4.31 Å². The molecule has 2 amide bonds. The van der Waals surface area contributed by atoms with Crippen molar-refractivity contribution in [2.24, 2.45) is 5.92 Å². The van der Waals surface area contributed by atoms with Crippen LogP contribution in [-0.4, -0.2) is 50.8 Å². The molecule has 2 aliphatic rings. The van der Waals surface area contributed by atoms with Crippen LogP contribution in [0.5, 0.6) is 5.75 Å². The molecule has 4 rings (SSSR count). The molecule has 2 heterocycles. The van der Waals surface area contributed by atoms with Gasteiger partial charge in [0.1, 0.15) is 5.75 Å². The summed E-state index contributed by atoms with van der Waals surface area (Å²) >= 11 is 0. The Balaban J connectivity index is 1.46. The van der Waals surface area contributed by atoms with Gasteiger partial charge in [-0.1, -0.05) is 24.6 Å². The van der Waals surface area contributed by atoms with Crippen LogP contribution in [0.25, 0.3) is 0 Å². The number of hydrogen-bond acceptors (Lipinski definition) is 5. The van der Waals surface area contributed by atoms with Crippen LogP contribution in [0.3, 0.4) is 0 Å². The highest BCUT2D eigenvalue weighted by Crippen LogP contribution is 2.33. The van der Waals surface area contributed by atoms with Crippen LogP contribution >= 0.6 is 0 Å². The molecule has 2 fully saturated rings. The molecule has 2 aromatic rings. The van der Waals surface area contributed by atoms with Gasteiger partial charge in [-0.3, -0.25) is 9.59 Å². The van der Waals surface area contributed by atoms with E-state index in [9.17, 15) is 18.0 Å². The Morgan fingerprint density at radius 1 is 1.09 bits per heavy atom. The lowest BCUT2D eigenvalue weighted by Crippen LogP contribution is -2.35. The van der Waals surface area contributed by atoms with E-state index in [1.807, 2.05) is 19.1 Å². The minimum atomic E-state index is -3.60. The summed E-state index contributed by atoms with van der Waals surface area (Å²) in [4.78, 5) is 27.3. The van der Waals surface area contributed by atoms with Gasteiger partial charge in [-0.15, -0.1) is 0 Å². The lowest BCUT2D eigenvalue weighted by atomic mass is 10.1. The van der Waals surface area contributed by atoms with Gasteiger partial charge in [0, 0.05) is 31.7 Å². The summed E-state index contributed by atoms with van der Waals surface area (Å²) < 4.78 is 33.0. The maximum Gasteiger partial charge on any atom is 0.243 e. The van der Waals surface area contributed by atoms with Gasteiger partial charge in [0.25, 0.3) is 0 Å². The highest BCUT2D eigenvalue weighted by atomic mass is 32.2. The Kier molecular flexibility index (Phi) is 6.99. The van der Waals surface area contributed by atoms with Crippen LogP contribution in [-0.2, 0) is 19.6 Å². The predicted molar refractivity (Wildman–Crippen MR) is 126 cm³/mol. The Bertz CT molecular complexity index is 1130. The van der Waals surface area contributed by atoms with E-state index in [0.29, 0.717) is 36.8 Å². The lowest BCUT2D eigenvalue weighted by Gasteiger charge is -2.26. The van der Waals surface area contributed by atoms with E-state index in [1.54, 1.807) is 35.2 Å². The first kappa shape index (κ1) is 23.3. The number of benzene rings is 2. The third kappa shape index (κ3) is 5.04. The Morgan fingerprint density at radius 3 is 2.61 bits per heavy atom. The first-order chi connectivity index (χ1) is 15.9. The lowest BCUT2D eigenvalue weighted by molar-refractivity contribution is -0.122. The number of rotatable bonds is 7. The maximum atomic E-state index is 13.0. The molecule has 2 saturated heterocycles. The quantitative estimate of drug-likeness (QED) is 0.669. The fraction of sp³-hybridized carbons (Fsp3) is 0.417. The molecule has 2 aliphatic heterocycles. The molecule has 0 bridgehead atoms. The third-order valence-corrected chi connectivity index (χ3v) is 7.90. The Morgan fingerprint density at radius 2 is 1.85 bits per heavy atom. The molecule has 2 aromatic carbocycles. The molecule has 8 nitrogen and oxygen atoms in total. The van der Waals surface area contributed by atoms with Crippen molar-refractivity contribution in [1.82, 2.24) is 4.31 Å². The van der Waals surface area contributed by atoms with Crippen molar-refractivity contribution < 1.29 is 22.7 Å². The van der Waals surface area contributed by atoms with E-state index in [4.69, 9.17) is 4.74 Å². The third-order valence-electron chi connectivity index (χ3n) is 6.01. The van der Waals surface area contributed by atoms with Gasteiger partial charge >= 0.3 is 0 Å². The summed E-state index contributed by atoms with van der Waals surface area (Å²) in [6.07, 6.45) is 2.83. The molecule has 0 aromatic heterocycles. The summed E-state index contributed by atoms with van der Waals surface area (Å²) in [6.45, 7) is 3.61. The summed E-state index contributed by atoms with van der Waals surface area (Å²) in [6, 6.07) is 13.6. The number of amides is 2. The maximum absolute atomic E-state index is 13.0. The van der Waals surface area contributed by atoms with Crippen LogP contribution in [0.1, 0.15) is 32.6 Å². The smallest absolute Gasteiger partial charge is 0.243 e. The van der Waals surface area contributed by atoms with Gasteiger partial charge in [0.05, 0.1) is 23.1 Å². The minimum absolute atomic E-state index is 0.0814. The van der Waals surface area contributed by atoms with Crippen LogP contribution in [0.2, 0.25) is 0 Å². The Hall–Kier alpha value is -2.91. The average Bonchev–Trinajstić information content (AvgIpc) is 3.22. The molecule has 1 atom stereocenters. The van der Waals surface area contributed by atoms with Crippen LogP contribution in [0, 0.1) is 5.92 Å². The molecule has 0 saturated carbocycles. The average molecular weight is 472 g/mol. The second-order valence-electron chi connectivity index (χ2n) is 8.29. The summed E-state index contributed by atoms with van der Waals surface area (Å²) in [7, 11) is -3.60. The molecule has 0 radical (unpaired) electrons. The van der Waals surface area contributed by atoms with Crippen molar-refractivity contribution in [3.05, 3.63) is 48.5 Å². The normalized spacial score (nSPS) is 19.5. The number of hydrogen-bond donors (Lipinski definition) is 1. The Labute approximate surface area is 194 Å². The number of piperidine rings is 1. The van der Waals surface area contributed by atoms with Crippen molar-refractivity contribution in [1.29, 1.82) is 0 Å². The minimum Gasteiger partial charge on any atom is -0.492 e. The molecule has 176 valence electrons. The predicted octanol–water partition coefficient (Wildman–Crippen LogP) is 3.25. The molecule has 1 N–H and O–H groups in total. The number of nitrogens with one attached hydrogen (secondary N) is 1. The number of nitrogens with zero attached hydrogens (tertiary/aromatic N) is 2. The standard InChI is InChI=1S/C24H29N3O5S/c1-2-32-22-12-5-4-11-21(22)27-17-18(15-23(27)28)24(29)25-19-9-8-10-20(16-19)33(30,31)26-13-6-3-7-14-26/h4-5,8-12,16,18H,2-3,6-7,13-15,17H2,1H3,(H,25,29)/t18-/m1/s1. The van der Waals surface area contributed by atoms with E-state index >= 15 is 0 Å². The zero-order chi connectivity index (χ0) is 23.4. The molecule has 33 heavy (non-hydrogen) atoms. The molecular formula is C24H29N3O5S. The summed E-state index contributed by atoms with van der Waals surface area (Å²) in [5, 5.41) is 2.80.